The van der Waals surface area contributed by atoms with E-state index < -0.39 is 12.1 Å². The highest BCUT2D eigenvalue weighted by Gasteiger charge is 2.23. The Hall–Kier alpha value is -2.56. The fraction of sp³-hybridized carbons (Fsp3) is 0.200. The zero-order chi connectivity index (χ0) is 14.5. The first-order valence-electron chi connectivity index (χ1n) is 6.26. The van der Waals surface area contributed by atoms with Crippen LogP contribution in [0.5, 0.6) is 0 Å². The standard InChI is InChI=1S/C15H16N2O3/c1-11(20-15(19)13-9-6-10-16-13)14(18)17(2)12-7-4-3-5-8-12/h3-11,16H,1-2H3/t11-/m0/s1. The number of benzene rings is 1. The largest absolute Gasteiger partial charge is 0.448 e. The molecule has 0 aliphatic carbocycles. The van der Waals surface area contributed by atoms with Crippen molar-refractivity contribution in [1.29, 1.82) is 0 Å². The van der Waals surface area contributed by atoms with Crippen LogP contribution < -0.4 is 4.90 Å². The number of aromatic amines is 1. The first-order chi connectivity index (χ1) is 9.59. The molecule has 2 aromatic rings. The van der Waals surface area contributed by atoms with Crippen molar-refractivity contribution in [2.75, 3.05) is 11.9 Å². The Balaban J connectivity index is 2.00. The van der Waals surface area contributed by atoms with Crippen LogP contribution in [0.2, 0.25) is 0 Å². The Morgan fingerprint density at radius 3 is 2.45 bits per heavy atom. The molecule has 0 aliphatic heterocycles. The van der Waals surface area contributed by atoms with Gasteiger partial charge in [-0.3, -0.25) is 4.79 Å². The zero-order valence-corrected chi connectivity index (χ0v) is 11.4. The number of hydrogen-bond donors (Lipinski definition) is 1. The number of ether oxygens (including phenoxy) is 1. The van der Waals surface area contributed by atoms with Crippen LogP contribution in [0.1, 0.15) is 17.4 Å². The average molecular weight is 272 g/mol. The topological polar surface area (TPSA) is 62.4 Å². The van der Waals surface area contributed by atoms with Gasteiger partial charge in [-0.25, -0.2) is 4.79 Å². The second-order valence-electron chi connectivity index (χ2n) is 4.36. The summed E-state index contributed by atoms with van der Waals surface area (Å²) >= 11 is 0. The summed E-state index contributed by atoms with van der Waals surface area (Å²) < 4.78 is 5.14. The molecular formula is C15H16N2O3. The van der Waals surface area contributed by atoms with Crippen LogP contribution in [0.15, 0.2) is 48.7 Å². The van der Waals surface area contributed by atoms with Crippen molar-refractivity contribution in [3.63, 3.8) is 0 Å². The third-order valence-electron chi connectivity index (χ3n) is 2.92. The number of carbonyl (C=O) groups excluding carboxylic acids is 2. The number of nitrogens with one attached hydrogen (secondary N) is 1. The maximum Gasteiger partial charge on any atom is 0.355 e. The lowest BCUT2D eigenvalue weighted by Gasteiger charge is -2.21. The molecule has 5 heteroatoms. The van der Waals surface area contributed by atoms with Gasteiger partial charge in [-0.15, -0.1) is 0 Å². The molecule has 104 valence electrons. The number of amides is 1. The molecule has 1 heterocycles. The Morgan fingerprint density at radius 1 is 1.15 bits per heavy atom. The first-order valence-corrected chi connectivity index (χ1v) is 6.26. The van der Waals surface area contributed by atoms with Crippen LogP contribution in [0.4, 0.5) is 5.69 Å². The summed E-state index contributed by atoms with van der Waals surface area (Å²) in [6.45, 7) is 1.56. The van der Waals surface area contributed by atoms with E-state index in [2.05, 4.69) is 4.98 Å². The van der Waals surface area contributed by atoms with Crippen LogP contribution in [0.3, 0.4) is 0 Å². The number of esters is 1. The fourth-order valence-electron chi connectivity index (χ4n) is 1.78. The van der Waals surface area contributed by atoms with Gasteiger partial charge in [0.05, 0.1) is 0 Å². The summed E-state index contributed by atoms with van der Waals surface area (Å²) in [4.78, 5) is 28.2. The molecule has 20 heavy (non-hydrogen) atoms. The monoisotopic (exact) mass is 272 g/mol. The number of rotatable bonds is 4. The van der Waals surface area contributed by atoms with Crippen molar-refractivity contribution in [2.24, 2.45) is 0 Å². The number of aromatic nitrogens is 1. The molecule has 0 aliphatic rings. The van der Waals surface area contributed by atoms with E-state index in [1.165, 1.54) is 4.90 Å². The summed E-state index contributed by atoms with van der Waals surface area (Å²) in [6, 6.07) is 12.5. The predicted molar refractivity (Wildman–Crippen MR) is 75.5 cm³/mol. The molecule has 1 amide bonds. The average Bonchev–Trinajstić information content (AvgIpc) is 3.01. The number of H-pyrrole nitrogens is 1. The molecule has 1 aromatic carbocycles. The van der Waals surface area contributed by atoms with Gasteiger partial charge in [0.2, 0.25) is 0 Å². The van der Waals surface area contributed by atoms with E-state index in [-0.39, 0.29) is 5.91 Å². The molecule has 5 nitrogen and oxygen atoms in total. The Bertz CT molecular complexity index is 578. The van der Waals surface area contributed by atoms with Crippen molar-refractivity contribution in [3.05, 3.63) is 54.4 Å². The third kappa shape index (κ3) is 3.06. The van der Waals surface area contributed by atoms with Crippen molar-refractivity contribution < 1.29 is 14.3 Å². The van der Waals surface area contributed by atoms with Crippen molar-refractivity contribution in [2.45, 2.75) is 13.0 Å². The summed E-state index contributed by atoms with van der Waals surface area (Å²) in [7, 11) is 1.65. The number of para-hydroxylation sites is 1. The van der Waals surface area contributed by atoms with Gasteiger partial charge in [0.15, 0.2) is 6.10 Å². The smallest absolute Gasteiger partial charge is 0.355 e. The van der Waals surface area contributed by atoms with E-state index >= 15 is 0 Å². The van der Waals surface area contributed by atoms with E-state index in [1.54, 1.807) is 32.3 Å². The molecule has 1 aromatic heterocycles. The quantitative estimate of drug-likeness (QED) is 0.868. The van der Waals surface area contributed by atoms with Gasteiger partial charge in [0.1, 0.15) is 5.69 Å². The zero-order valence-electron chi connectivity index (χ0n) is 11.4. The maximum atomic E-state index is 12.2. The summed E-state index contributed by atoms with van der Waals surface area (Å²) in [5.74, 6) is -0.826. The minimum absolute atomic E-state index is 0.281. The minimum atomic E-state index is -0.851. The van der Waals surface area contributed by atoms with Gasteiger partial charge >= 0.3 is 5.97 Å². The molecule has 0 unspecified atom stereocenters. The van der Waals surface area contributed by atoms with Crippen LogP contribution in [-0.2, 0) is 9.53 Å². The predicted octanol–water partition coefficient (Wildman–Crippen LogP) is 2.22. The van der Waals surface area contributed by atoms with Crippen LogP contribution in [-0.4, -0.2) is 30.0 Å². The van der Waals surface area contributed by atoms with E-state index in [9.17, 15) is 9.59 Å². The summed E-state index contributed by atoms with van der Waals surface area (Å²) in [5, 5.41) is 0. The van der Waals surface area contributed by atoms with Gasteiger partial charge in [0.25, 0.3) is 5.91 Å². The second-order valence-corrected chi connectivity index (χ2v) is 4.36. The minimum Gasteiger partial charge on any atom is -0.448 e. The lowest BCUT2D eigenvalue weighted by molar-refractivity contribution is -0.126. The van der Waals surface area contributed by atoms with Gasteiger partial charge < -0.3 is 14.6 Å². The maximum absolute atomic E-state index is 12.2. The number of likely N-dealkylation sites (N-methyl/N-ethyl adjacent to an activating group) is 1. The van der Waals surface area contributed by atoms with E-state index in [0.717, 1.165) is 5.69 Å². The van der Waals surface area contributed by atoms with Gasteiger partial charge in [-0.05, 0) is 31.2 Å². The first kappa shape index (κ1) is 13.9. The van der Waals surface area contributed by atoms with Crippen LogP contribution >= 0.6 is 0 Å². The molecule has 0 radical (unpaired) electrons. The molecule has 0 bridgehead atoms. The lowest BCUT2D eigenvalue weighted by Crippen LogP contribution is -2.37. The Labute approximate surface area is 117 Å². The molecule has 0 fully saturated rings. The Kier molecular flexibility index (Phi) is 4.20. The number of anilines is 1. The van der Waals surface area contributed by atoms with Crippen molar-refractivity contribution in [3.8, 4) is 0 Å². The normalized spacial score (nSPS) is 11.7. The van der Waals surface area contributed by atoms with E-state index in [0.29, 0.717) is 5.69 Å². The van der Waals surface area contributed by atoms with Crippen LogP contribution in [0, 0.1) is 0 Å². The fourth-order valence-corrected chi connectivity index (χ4v) is 1.78. The molecule has 1 atom stereocenters. The van der Waals surface area contributed by atoms with Gasteiger partial charge in [-0.1, -0.05) is 18.2 Å². The number of hydrogen-bond acceptors (Lipinski definition) is 3. The van der Waals surface area contributed by atoms with Gasteiger partial charge in [-0.2, -0.15) is 0 Å². The molecular weight excluding hydrogens is 256 g/mol. The second kappa shape index (κ2) is 6.06. The molecule has 2 rings (SSSR count). The van der Waals surface area contributed by atoms with E-state index in [4.69, 9.17) is 4.74 Å². The van der Waals surface area contributed by atoms with E-state index in [1.807, 2.05) is 30.3 Å². The van der Waals surface area contributed by atoms with Crippen molar-refractivity contribution >= 4 is 17.6 Å². The SMILES string of the molecule is C[C@H](OC(=O)c1ccc[nH]1)C(=O)N(C)c1ccccc1. The van der Waals surface area contributed by atoms with Gasteiger partial charge in [0, 0.05) is 18.9 Å². The highest BCUT2D eigenvalue weighted by atomic mass is 16.5. The van der Waals surface area contributed by atoms with Crippen LogP contribution in [0.25, 0.3) is 0 Å². The van der Waals surface area contributed by atoms with Crippen molar-refractivity contribution in [1.82, 2.24) is 4.98 Å². The number of nitrogens with zero attached hydrogens (tertiary/aromatic N) is 1. The highest BCUT2D eigenvalue weighted by molar-refractivity contribution is 5.98. The molecule has 1 N–H and O–H groups in total. The molecule has 0 saturated carbocycles. The lowest BCUT2D eigenvalue weighted by atomic mass is 10.2. The highest BCUT2D eigenvalue weighted by Crippen LogP contribution is 2.13. The molecule has 0 saturated heterocycles. The third-order valence-corrected chi connectivity index (χ3v) is 2.92. The summed E-state index contributed by atoms with van der Waals surface area (Å²) in [6.07, 6.45) is 0.773. The summed E-state index contributed by atoms with van der Waals surface area (Å²) in [5.41, 5.74) is 1.08. The number of carbonyl (C=O) groups is 2. The molecule has 0 spiro atoms. The Morgan fingerprint density at radius 2 is 1.85 bits per heavy atom.